The number of amides is 1. The van der Waals surface area contributed by atoms with Gasteiger partial charge in [-0.3, -0.25) is 4.79 Å². The first-order valence-electron chi connectivity index (χ1n) is 9.22. The van der Waals surface area contributed by atoms with E-state index in [-0.39, 0.29) is 16.4 Å². The molecule has 0 saturated carbocycles. The maximum atomic E-state index is 12.6. The van der Waals surface area contributed by atoms with Gasteiger partial charge in [0, 0.05) is 17.8 Å². The lowest BCUT2D eigenvalue weighted by Gasteiger charge is -2.11. The average Bonchev–Trinajstić information content (AvgIpc) is 3.04. The summed E-state index contributed by atoms with van der Waals surface area (Å²) in [5.74, 6) is 0.116. The predicted octanol–water partition coefficient (Wildman–Crippen LogP) is 3.29. The number of sulfonamides is 1. The van der Waals surface area contributed by atoms with Crippen molar-refractivity contribution in [2.45, 2.75) is 25.7 Å². The smallest absolute Gasteiger partial charge is 0.269 e. The fourth-order valence-electron chi connectivity index (χ4n) is 2.33. The third kappa shape index (κ3) is 6.13. The summed E-state index contributed by atoms with van der Waals surface area (Å²) in [4.78, 5) is 12.5. The van der Waals surface area contributed by atoms with E-state index < -0.39 is 15.9 Å². The van der Waals surface area contributed by atoms with Crippen molar-refractivity contribution in [2.24, 2.45) is 0 Å². The third-order valence-electron chi connectivity index (χ3n) is 4.07. The molecule has 1 heterocycles. The highest BCUT2D eigenvalue weighted by atomic mass is 32.2. The van der Waals surface area contributed by atoms with Crippen molar-refractivity contribution >= 4 is 39.3 Å². The number of benzene rings is 1. The van der Waals surface area contributed by atoms with Crippen LogP contribution in [0.1, 0.15) is 18.2 Å². The number of carbonyl (C=O) groups excluding carboxylic acids is 1. The predicted molar refractivity (Wildman–Crippen MR) is 121 cm³/mol. The number of aryl methyl sites for hydroxylation is 1. The molecule has 1 amide bonds. The van der Waals surface area contributed by atoms with Crippen LogP contribution in [0.3, 0.4) is 0 Å². The number of thioether (sulfide) groups is 1. The van der Waals surface area contributed by atoms with E-state index in [1.807, 2.05) is 13.0 Å². The minimum atomic E-state index is -3.90. The monoisotopic (exact) mass is 461 g/mol. The normalized spacial score (nSPS) is 11.8. The Morgan fingerprint density at radius 3 is 2.52 bits per heavy atom. The molecule has 164 valence electrons. The Bertz CT molecular complexity index is 1130. The highest BCUT2D eigenvalue weighted by molar-refractivity contribution is 8.03. The van der Waals surface area contributed by atoms with E-state index in [1.165, 1.54) is 36.0 Å². The van der Waals surface area contributed by atoms with Gasteiger partial charge < -0.3 is 15.2 Å². The number of nitrogens with one attached hydrogen (secondary N) is 3. The molecule has 0 fully saturated rings. The zero-order chi connectivity index (χ0) is 23.0. The summed E-state index contributed by atoms with van der Waals surface area (Å²) in [5.41, 5.74) is 1.45. The Hall–Kier alpha value is -3.23. The van der Waals surface area contributed by atoms with Crippen LogP contribution in [0.25, 0.3) is 0 Å². The molecule has 0 radical (unpaired) electrons. The minimum absolute atomic E-state index is 0.0233. The summed E-state index contributed by atoms with van der Waals surface area (Å²) >= 11 is 1.33. The molecule has 0 atom stereocenters. The van der Waals surface area contributed by atoms with Gasteiger partial charge in [0.2, 0.25) is 5.88 Å². The van der Waals surface area contributed by atoms with Crippen LogP contribution in [-0.4, -0.2) is 31.8 Å². The molecule has 1 aromatic heterocycles. The van der Waals surface area contributed by atoms with Gasteiger partial charge in [-0.05, 0) is 43.9 Å². The number of aromatic nitrogens is 1. The zero-order valence-corrected chi connectivity index (χ0v) is 19.0. The average molecular weight is 462 g/mol. The topological polar surface area (TPSA) is 137 Å². The molecule has 3 N–H and O–H groups in total. The van der Waals surface area contributed by atoms with Gasteiger partial charge in [-0.1, -0.05) is 18.2 Å². The van der Waals surface area contributed by atoms with Crippen LogP contribution < -0.4 is 15.4 Å². The van der Waals surface area contributed by atoms with Crippen LogP contribution in [0.15, 0.2) is 56.9 Å². The summed E-state index contributed by atoms with van der Waals surface area (Å²) in [5, 5.41) is 19.2. The Kier molecular flexibility index (Phi) is 8.30. The molecule has 2 aromatic rings. The molecule has 2 rings (SSSR count). The maximum absolute atomic E-state index is 12.6. The lowest BCUT2D eigenvalue weighted by atomic mass is 10.2. The van der Waals surface area contributed by atoms with E-state index >= 15 is 0 Å². The Morgan fingerprint density at radius 1 is 1.32 bits per heavy atom. The molecule has 0 saturated heterocycles. The number of nitrogens with zero attached hydrogens (tertiary/aromatic N) is 2. The molecule has 0 spiro atoms. The summed E-state index contributed by atoms with van der Waals surface area (Å²) in [7, 11) is -3.90. The third-order valence-corrected chi connectivity index (χ3v) is 6.34. The summed E-state index contributed by atoms with van der Waals surface area (Å²) in [6, 6.07) is 7.46. The van der Waals surface area contributed by atoms with Crippen LogP contribution in [0.4, 0.5) is 11.6 Å². The molecule has 1 aromatic carbocycles. The Morgan fingerprint density at radius 2 is 2.00 bits per heavy atom. The van der Waals surface area contributed by atoms with Crippen molar-refractivity contribution in [3.05, 3.63) is 58.8 Å². The molecule has 0 aliphatic carbocycles. The van der Waals surface area contributed by atoms with Gasteiger partial charge in [-0.15, -0.1) is 18.3 Å². The van der Waals surface area contributed by atoms with E-state index in [2.05, 4.69) is 27.1 Å². The summed E-state index contributed by atoms with van der Waals surface area (Å²) in [6.07, 6.45) is 1.62. The first-order valence-corrected chi connectivity index (χ1v) is 11.7. The van der Waals surface area contributed by atoms with Gasteiger partial charge in [0.25, 0.3) is 15.9 Å². The lowest BCUT2D eigenvalue weighted by Crippen LogP contribution is -2.21. The number of nitriles is 1. The summed E-state index contributed by atoms with van der Waals surface area (Å²) in [6.45, 7) is 9.32. The van der Waals surface area contributed by atoms with Gasteiger partial charge >= 0.3 is 0 Å². The lowest BCUT2D eigenvalue weighted by molar-refractivity contribution is -0.112. The van der Waals surface area contributed by atoms with Crippen molar-refractivity contribution in [1.82, 2.24) is 10.5 Å². The number of anilines is 2. The van der Waals surface area contributed by atoms with E-state index in [9.17, 15) is 18.5 Å². The largest absolute Gasteiger partial charge is 0.375 e. The second-order valence-electron chi connectivity index (χ2n) is 6.22. The fraction of sp³-hybridized carbons (Fsp3) is 0.250. The molecule has 0 bridgehead atoms. The van der Waals surface area contributed by atoms with Crippen molar-refractivity contribution in [3.8, 4) is 6.07 Å². The van der Waals surface area contributed by atoms with Crippen LogP contribution in [0.5, 0.6) is 0 Å². The van der Waals surface area contributed by atoms with Crippen molar-refractivity contribution in [1.29, 1.82) is 5.26 Å². The molecular formula is C20H23N5O4S2. The molecule has 31 heavy (non-hydrogen) atoms. The molecule has 0 aliphatic heterocycles. The van der Waals surface area contributed by atoms with E-state index in [1.54, 1.807) is 19.9 Å². The SMILES string of the molecule is C=CCN/C(SCC)=C(/C#N)C(=O)Nc1ccc(S(=O)(=O)Nc2onc(C)c2C)cc1. The first kappa shape index (κ1) is 24.0. The van der Waals surface area contributed by atoms with E-state index in [0.29, 0.717) is 34.3 Å². The number of hydrogen-bond donors (Lipinski definition) is 3. The quantitative estimate of drug-likeness (QED) is 0.278. The molecule has 11 heteroatoms. The van der Waals surface area contributed by atoms with Crippen molar-refractivity contribution in [3.63, 3.8) is 0 Å². The standard InChI is InChI=1S/C20H23N5O4S2/c1-5-11-22-20(30-6-2)17(12-21)18(26)23-15-7-9-16(10-8-15)31(27,28)25-19-13(3)14(4)24-29-19/h5,7-10,22,25H,1,6,11H2,2-4H3,(H,23,26)/b20-17+. The highest BCUT2D eigenvalue weighted by Gasteiger charge is 2.20. The number of carbonyl (C=O) groups is 1. The number of hydrogen-bond acceptors (Lipinski definition) is 8. The van der Waals surface area contributed by atoms with Gasteiger partial charge in [-0.25, -0.2) is 13.1 Å². The molecule has 9 nitrogen and oxygen atoms in total. The minimum Gasteiger partial charge on any atom is -0.375 e. The zero-order valence-electron chi connectivity index (χ0n) is 17.4. The van der Waals surface area contributed by atoms with Crippen LogP contribution >= 0.6 is 11.8 Å². The molecular weight excluding hydrogens is 438 g/mol. The Balaban J connectivity index is 2.18. The maximum Gasteiger partial charge on any atom is 0.269 e. The highest BCUT2D eigenvalue weighted by Crippen LogP contribution is 2.23. The van der Waals surface area contributed by atoms with Crippen molar-refractivity contribution in [2.75, 3.05) is 22.3 Å². The van der Waals surface area contributed by atoms with Crippen LogP contribution in [0, 0.1) is 25.2 Å². The Labute approximate surface area is 185 Å². The first-order chi connectivity index (χ1) is 14.7. The van der Waals surface area contributed by atoms with Crippen LogP contribution in [0.2, 0.25) is 0 Å². The van der Waals surface area contributed by atoms with Crippen LogP contribution in [-0.2, 0) is 14.8 Å². The summed E-state index contributed by atoms with van der Waals surface area (Å²) < 4.78 is 32.5. The van der Waals surface area contributed by atoms with Gasteiger partial charge in [0.1, 0.15) is 11.6 Å². The number of rotatable bonds is 10. The molecule has 0 aliphatic rings. The second kappa shape index (κ2) is 10.7. The molecule has 0 unspecified atom stereocenters. The van der Waals surface area contributed by atoms with Gasteiger partial charge in [0.05, 0.1) is 15.6 Å². The van der Waals surface area contributed by atoms with E-state index in [0.717, 1.165) is 0 Å². The second-order valence-corrected chi connectivity index (χ2v) is 9.18. The van der Waals surface area contributed by atoms with Gasteiger partial charge in [0.15, 0.2) is 0 Å². The van der Waals surface area contributed by atoms with E-state index in [4.69, 9.17) is 4.52 Å². The fourth-order valence-corrected chi connectivity index (χ4v) is 4.13. The van der Waals surface area contributed by atoms with Gasteiger partial charge in [-0.2, -0.15) is 5.26 Å². The van der Waals surface area contributed by atoms with Crippen molar-refractivity contribution < 1.29 is 17.7 Å².